The van der Waals surface area contributed by atoms with Gasteiger partial charge in [0.1, 0.15) is 5.69 Å². The Balaban J connectivity index is 2.59. The molecule has 1 rings (SSSR count). The first kappa shape index (κ1) is 14.1. The van der Waals surface area contributed by atoms with Crippen molar-refractivity contribution in [2.45, 2.75) is 13.3 Å². The highest BCUT2D eigenvalue weighted by molar-refractivity contribution is 5.94. The van der Waals surface area contributed by atoms with Crippen LogP contribution in [-0.2, 0) is 4.79 Å². The molecule has 1 aromatic heterocycles. The van der Waals surface area contributed by atoms with E-state index in [1.165, 1.54) is 24.1 Å². The zero-order chi connectivity index (χ0) is 13.5. The topological polar surface area (TPSA) is 62.3 Å². The number of nitrogens with one attached hydrogen (secondary N) is 1. The van der Waals surface area contributed by atoms with E-state index in [2.05, 4.69) is 10.3 Å². The van der Waals surface area contributed by atoms with Gasteiger partial charge in [0.25, 0.3) is 5.91 Å². The van der Waals surface area contributed by atoms with E-state index in [4.69, 9.17) is 0 Å². The molecule has 18 heavy (non-hydrogen) atoms. The van der Waals surface area contributed by atoms with Crippen LogP contribution in [0.15, 0.2) is 18.2 Å². The van der Waals surface area contributed by atoms with Gasteiger partial charge in [-0.3, -0.25) is 9.59 Å². The SMILES string of the molecule is CCCNC(=O)CN(C)C(=O)c1cccc(F)n1. The minimum atomic E-state index is -0.718. The lowest BCUT2D eigenvalue weighted by molar-refractivity contribution is -0.121. The third-order valence-electron chi connectivity index (χ3n) is 2.23. The van der Waals surface area contributed by atoms with E-state index in [0.717, 1.165) is 12.5 Å². The number of carbonyl (C=O) groups is 2. The van der Waals surface area contributed by atoms with Gasteiger partial charge in [0, 0.05) is 13.6 Å². The molecule has 0 aliphatic heterocycles. The summed E-state index contributed by atoms with van der Waals surface area (Å²) >= 11 is 0. The van der Waals surface area contributed by atoms with Crippen LogP contribution in [0.3, 0.4) is 0 Å². The highest BCUT2D eigenvalue weighted by Crippen LogP contribution is 2.01. The lowest BCUT2D eigenvalue weighted by atomic mass is 10.3. The van der Waals surface area contributed by atoms with Crippen LogP contribution in [0.5, 0.6) is 0 Å². The number of hydrogen-bond donors (Lipinski definition) is 1. The third kappa shape index (κ3) is 4.12. The maximum absolute atomic E-state index is 12.9. The van der Waals surface area contributed by atoms with E-state index in [0.29, 0.717) is 6.54 Å². The first-order valence-electron chi connectivity index (χ1n) is 5.69. The average Bonchev–Trinajstić information content (AvgIpc) is 2.35. The van der Waals surface area contributed by atoms with Gasteiger partial charge in [-0.2, -0.15) is 4.39 Å². The Morgan fingerprint density at radius 2 is 2.17 bits per heavy atom. The fourth-order valence-corrected chi connectivity index (χ4v) is 1.33. The highest BCUT2D eigenvalue weighted by Gasteiger charge is 2.16. The minimum absolute atomic E-state index is 0.0132. The Morgan fingerprint density at radius 3 is 2.78 bits per heavy atom. The average molecular weight is 253 g/mol. The van der Waals surface area contributed by atoms with Crippen molar-refractivity contribution in [1.82, 2.24) is 15.2 Å². The smallest absolute Gasteiger partial charge is 0.272 e. The van der Waals surface area contributed by atoms with E-state index in [-0.39, 0.29) is 18.1 Å². The van der Waals surface area contributed by atoms with Gasteiger partial charge in [-0.1, -0.05) is 13.0 Å². The lowest BCUT2D eigenvalue weighted by Crippen LogP contribution is -2.38. The largest absolute Gasteiger partial charge is 0.355 e. The molecule has 1 N–H and O–H groups in total. The Labute approximate surface area is 105 Å². The van der Waals surface area contributed by atoms with Crippen LogP contribution in [0, 0.1) is 5.95 Å². The lowest BCUT2D eigenvalue weighted by Gasteiger charge is -2.16. The Hall–Kier alpha value is -1.98. The van der Waals surface area contributed by atoms with Crippen molar-refractivity contribution in [1.29, 1.82) is 0 Å². The summed E-state index contributed by atoms with van der Waals surface area (Å²) in [6.45, 7) is 2.43. The van der Waals surface area contributed by atoms with E-state index < -0.39 is 11.9 Å². The molecule has 1 aromatic rings. The van der Waals surface area contributed by atoms with E-state index in [1.807, 2.05) is 6.92 Å². The van der Waals surface area contributed by atoms with E-state index in [1.54, 1.807) is 0 Å². The Bertz CT molecular complexity index is 437. The third-order valence-corrected chi connectivity index (χ3v) is 2.23. The van der Waals surface area contributed by atoms with Gasteiger partial charge in [0.05, 0.1) is 6.54 Å². The first-order chi connectivity index (χ1) is 8.54. The molecule has 0 spiro atoms. The molecule has 0 aliphatic rings. The fraction of sp³-hybridized carbons (Fsp3) is 0.417. The number of amides is 2. The van der Waals surface area contributed by atoms with Crippen molar-refractivity contribution in [2.24, 2.45) is 0 Å². The summed E-state index contributed by atoms with van der Waals surface area (Å²) in [4.78, 5) is 27.9. The van der Waals surface area contributed by atoms with Crippen LogP contribution in [0.4, 0.5) is 4.39 Å². The van der Waals surface area contributed by atoms with Crippen LogP contribution < -0.4 is 5.32 Å². The normalized spacial score (nSPS) is 9.94. The second kappa shape index (κ2) is 6.68. The molecule has 1 heterocycles. The van der Waals surface area contributed by atoms with Crippen molar-refractivity contribution in [3.63, 3.8) is 0 Å². The van der Waals surface area contributed by atoms with Gasteiger partial charge in [0.15, 0.2) is 0 Å². The molecule has 0 saturated carbocycles. The highest BCUT2D eigenvalue weighted by atomic mass is 19.1. The number of aromatic nitrogens is 1. The Kier molecular flexibility index (Phi) is 5.23. The summed E-state index contributed by atoms with van der Waals surface area (Å²) in [5.74, 6) is -1.45. The molecule has 0 radical (unpaired) electrons. The first-order valence-corrected chi connectivity index (χ1v) is 5.69. The standard InChI is InChI=1S/C12H16FN3O2/c1-3-7-14-11(17)8-16(2)12(18)9-5-4-6-10(13)15-9/h4-6H,3,7-8H2,1-2H3,(H,14,17). The molecule has 0 unspecified atom stereocenters. The predicted octanol–water partition coefficient (Wildman–Crippen LogP) is 0.819. The van der Waals surface area contributed by atoms with Crippen molar-refractivity contribution >= 4 is 11.8 Å². The van der Waals surface area contributed by atoms with Crippen molar-refractivity contribution < 1.29 is 14.0 Å². The molecule has 0 aromatic carbocycles. The number of halogens is 1. The quantitative estimate of drug-likeness (QED) is 0.790. The number of nitrogens with zero attached hydrogens (tertiary/aromatic N) is 2. The van der Waals surface area contributed by atoms with E-state index >= 15 is 0 Å². The van der Waals surface area contributed by atoms with Crippen LogP contribution >= 0.6 is 0 Å². The van der Waals surface area contributed by atoms with Crippen LogP contribution in [0.2, 0.25) is 0 Å². The molecule has 0 aliphatic carbocycles. The van der Waals surface area contributed by atoms with Gasteiger partial charge in [0.2, 0.25) is 11.9 Å². The number of rotatable bonds is 5. The molecular formula is C12H16FN3O2. The number of hydrogen-bond acceptors (Lipinski definition) is 3. The molecule has 0 bridgehead atoms. The van der Waals surface area contributed by atoms with Crippen LogP contribution in [-0.4, -0.2) is 41.8 Å². The summed E-state index contributed by atoms with van der Waals surface area (Å²) in [5, 5.41) is 2.65. The van der Waals surface area contributed by atoms with Crippen LogP contribution in [0.1, 0.15) is 23.8 Å². The molecule has 0 fully saturated rings. The molecular weight excluding hydrogens is 237 g/mol. The summed E-state index contributed by atoms with van der Waals surface area (Å²) in [6.07, 6.45) is 0.828. The number of carbonyl (C=O) groups excluding carboxylic acids is 2. The molecule has 0 saturated heterocycles. The molecule has 6 heteroatoms. The number of pyridine rings is 1. The fourth-order valence-electron chi connectivity index (χ4n) is 1.33. The number of likely N-dealkylation sites (N-methyl/N-ethyl adjacent to an activating group) is 1. The zero-order valence-electron chi connectivity index (χ0n) is 10.4. The van der Waals surface area contributed by atoms with Gasteiger partial charge in [-0.05, 0) is 18.6 Å². The monoisotopic (exact) mass is 253 g/mol. The second-order valence-electron chi connectivity index (χ2n) is 3.86. The summed E-state index contributed by atoms with van der Waals surface area (Å²) in [7, 11) is 1.47. The van der Waals surface area contributed by atoms with Gasteiger partial charge in [-0.25, -0.2) is 4.98 Å². The predicted molar refractivity (Wildman–Crippen MR) is 64.5 cm³/mol. The Morgan fingerprint density at radius 1 is 1.44 bits per heavy atom. The molecule has 5 nitrogen and oxygen atoms in total. The van der Waals surface area contributed by atoms with Gasteiger partial charge >= 0.3 is 0 Å². The second-order valence-corrected chi connectivity index (χ2v) is 3.86. The minimum Gasteiger partial charge on any atom is -0.355 e. The summed E-state index contributed by atoms with van der Waals surface area (Å²) in [5.41, 5.74) is -0.0132. The molecule has 2 amide bonds. The van der Waals surface area contributed by atoms with Crippen molar-refractivity contribution in [3.05, 3.63) is 29.8 Å². The maximum atomic E-state index is 12.9. The maximum Gasteiger partial charge on any atom is 0.272 e. The summed E-state index contributed by atoms with van der Waals surface area (Å²) < 4.78 is 12.9. The van der Waals surface area contributed by atoms with Gasteiger partial charge in [-0.15, -0.1) is 0 Å². The zero-order valence-corrected chi connectivity index (χ0v) is 10.4. The van der Waals surface area contributed by atoms with Crippen molar-refractivity contribution in [3.8, 4) is 0 Å². The summed E-state index contributed by atoms with van der Waals surface area (Å²) in [6, 6.07) is 3.97. The van der Waals surface area contributed by atoms with E-state index in [9.17, 15) is 14.0 Å². The van der Waals surface area contributed by atoms with Crippen LogP contribution in [0.25, 0.3) is 0 Å². The van der Waals surface area contributed by atoms with Crippen molar-refractivity contribution in [2.75, 3.05) is 20.1 Å². The van der Waals surface area contributed by atoms with Gasteiger partial charge < -0.3 is 10.2 Å². The molecule has 98 valence electrons. The molecule has 0 atom stereocenters.